The molecule has 0 aromatic heterocycles. The zero-order chi connectivity index (χ0) is 15.1. The summed E-state index contributed by atoms with van der Waals surface area (Å²) in [6, 6.07) is 14.1. The number of hydrogen-bond acceptors (Lipinski definition) is 3. The summed E-state index contributed by atoms with van der Waals surface area (Å²) in [7, 11) is 1.71. The zero-order valence-electron chi connectivity index (χ0n) is 12.1. The van der Waals surface area contributed by atoms with Crippen LogP contribution in [-0.4, -0.2) is 20.3 Å². The number of hydrogen-bond donors (Lipinski definition) is 1. The van der Waals surface area contributed by atoms with Crippen molar-refractivity contribution in [1.29, 1.82) is 0 Å². The van der Waals surface area contributed by atoms with Crippen LogP contribution in [0.2, 0.25) is 0 Å². The second kappa shape index (κ2) is 8.17. The summed E-state index contributed by atoms with van der Waals surface area (Å²) in [4.78, 5) is 0. The summed E-state index contributed by atoms with van der Waals surface area (Å²) in [5, 5.41) is 0. The van der Waals surface area contributed by atoms with E-state index in [1.54, 1.807) is 7.11 Å². The molecule has 0 saturated carbocycles. The predicted octanol–water partition coefficient (Wildman–Crippen LogP) is 3.93. The highest BCUT2D eigenvalue weighted by Crippen LogP contribution is 2.29. The molecule has 112 valence electrons. The molecule has 2 aromatic rings. The lowest BCUT2D eigenvalue weighted by molar-refractivity contribution is 0.202. The standard InChI is InChI=1S/C17H20BrNO2/c1-20-11-9-13-2-6-16(7-3-13)21-17-12-15(18)5-4-14(17)8-10-19/h2-7,12H,8-11,19H2,1H3. The molecular formula is C17H20BrNO2. The van der Waals surface area contributed by atoms with Crippen molar-refractivity contribution in [2.75, 3.05) is 20.3 Å². The van der Waals surface area contributed by atoms with Crippen LogP contribution in [0.15, 0.2) is 46.9 Å². The molecule has 0 aliphatic carbocycles. The largest absolute Gasteiger partial charge is 0.457 e. The fourth-order valence-electron chi connectivity index (χ4n) is 2.06. The van der Waals surface area contributed by atoms with E-state index in [1.165, 1.54) is 5.56 Å². The molecule has 0 fully saturated rings. The highest BCUT2D eigenvalue weighted by atomic mass is 79.9. The van der Waals surface area contributed by atoms with Crippen molar-refractivity contribution >= 4 is 15.9 Å². The summed E-state index contributed by atoms with van der Waals surface area (Å²) in [6.45, 7) is 1.33. The van der Waals surface area contributed by atoms with Crippen LogP contribution in [0.4, 0.5) is 0 Å². The van der Waals surface area contributed by atoms with Crippen LogP contribution >= 0.6 is 15.9 Å². The van der Waals surface area contributed by atoms with Gasteiger partial charge < -0.3 is 15.2 Å². The van der Waals surface area contributed by atoms with Crippen molar-refractivity contribution in [2.45, 2.75) is 12.8 Å². The topological polar surface area (TPSA) is 44.5 Å². The van der Waals surface area contributed by atoms with E-state index in [0.717, 1.165) is 41.0 Å². The Morgan fingerprint density at radius 2 is 1.81 bits per heavy atom. The van der Waals surface area contributed by atoms with Gasteiger partial charge >= 0.3 is 0 Å². The second-order valence-corrected chi connectivity index (χ2v) is 5.70. The maximum absolute atomic E-state index is 5.99. The van der Waals surface area contributed by atoms with E-state index in [-0.39, 0.29) is 0 Å². The van der Waals surface area contributed by atoms with Gasteiger partial charge in [0, 0.05) is 11.6 Å². The molecule has 0 bridgehead atoms. The maximum atomic E-state index is 5.99. The first-order valence-electron chi connectivity index (χ1n) is 6.97. The van der Waals surface area contributed by atoms with Crippen LogP contribution < -0.4 is 10.5 Å². The van der Waals surface area contributed by atoms with Gasteiger partial charge in [0.2, 0.25) is 0 Å². The van der Waals surface area contributed by atoms with Crippen LogP contribution in [-0.2, 0) is 17.6 Å². The van der Waals surface area contributed by atoms with Crippen LogP contribution in [0.5, 0.6) is 11.5 Å². The third-order valence-electron chi connectivity index (χ3n) is 3.19. The van der Waals surface area contributed by atoms with E-state index < -0.39 is 0 Å². The van der Waals surface area contributed by atoms with Crippen molar-refractivity contribution in [3.8, 4) is 11.5 Å². The summed E-state index contributed by atoms with van der Waals surface area (Å²) >= 11 is 3.48. The van der Waals surface area contributed by atoms with Crippen molar-refractivity contribution in [3.63, 3.8) is 0 Å². The molecule has 0 heterocycles. The van der Waals surface area contributed by atoms with Gasteiger partial charge in [0.15, 0.2) is 0 Å². The second-order valence-electron chi connectivity index (χ2n) is 4.78. The quantitative estimate of drug-likeness (QED) is 0.823. The number of rotatable bonds is 7. The lowest BCUT2D eigenvalue weighted by Gasteiger charge is -2.12. The van der Waals surface area contributed by atoms with Crippen LogP contribution in [0, 0.1) is 0 Å². The van der Waals surface area contributed by atoms with Crippen molar-refractivity contribution < 1.29 is 9.47 Å². The number of nitrogens with two attached hydrogens (primary N) is 1. The van der Waals surface area contributed by atoms with Crippen molar-refractivity contribution in [1.82, 2.24) is 0 Å². The molecule has 2 N–H and O–H groups in total. The number of halogens is 1. The van der Waals surface area contributed by atoms with E-state index in [4.69, 9.17) is 15.2 Å². The molecule has 0 radical (unpaired) electrons. The summed E-state index contributed by atoms with van der Waals surface area (Å²) in [6.07, 6.45) is 1.71. The van der Waals surface area contributed by atoms with Crippen LogP contribution in [0.1, 0.15) is 11.1 Å². The first-order chi connectivity index (χ1) is 10.2. The Bertz CT molecular complexity index is 570. The van der Waals surface area contributed by atoms with E-state index in [0.29, 0.717) is 6.54 Å². The van der Waals surface area contributed by atoms with Crippen molar-refractivity contribution in [3.05, 3.63) is 58.1 Å². The van der Waals surface area contributed by atoms with Gasteiger partial charge in [0.05, 0.1) is 6.61 Å². The van der Waals surface area contributed by atoms with Gasteiger partial charge in [0.25, 0.3) is 0 Å². The van der Waals surface area contributed by atoms with E-state index in [9.17, 15) is 0 Å². The number of benzene rings is 2. The molecule has 2 aromatic carbocycles. The van der Waals surface area contributed by atoms with Crippen LogP contribution in [0.25, 0.3) is 0 Å². The average molecular weight is 350 g/mol. The number of ether oxygens (including phenoxy) is 2. The fraction of sp³-hybridized carbons (Fsp3) is 0.294. The van der Waals surface area contributed by atoms with Gasteiger partial charge in [-0.1, -0.05) is 34.1 Å². The van der Waals surface area contributed by atoms with Crippen molar-refractivity contribution in [2.24, 2.45) is 5.73 Å². The molecule has 3 nitrogen and oxygen atoms in total. The SMILES string of the molecule is COCCc1ccc(Oc2cc(Br)ccc2CCN)cc1. The first-order valence-corrected chi connectivity index (χ1v) is 7.76. The minimum atomic E-state index is 0.605. The third kappa shape index (κ3) is 4.84. The minimum Gasteiger partial charge on any atom is -0.457 e. The minimum absolute atomic E-state index is 0.605. The smallest absolute Gasteiger partial charge is 0.131 e. The van der Waals surface area contributed by atoms with Gasteiger partial charge in [-0.25, -0.2) is 0 Å². The Labute approximate surface area is 134 Å². The van der Waals surface area contributed by atoms with E-state index in [2.05, 4.69) is 28.1 Å². The Kier molecular flexibility index (Phi) is 6.23. The molecule has 0 saturated heterocycles. The highest BCUT2D eigenvalue weighted by molar-refractivity contribution is 9.10. The summed E-state index contributed by atoms with van der Waals surface area (Å²) in [5.41, 5.74) is 8.00. The summed E-state index contributed by atoms with van der Waals surface area (Å²) < 4.78 is 12.1. The molecule has 0 aliphatic heterocycles. The maximum Gasteiger partial charge on any atom is 0.131 e. The van der Waals surface area contributed by atoms with Gasteiger partial charge in [0.1, 0.15) is 11.5 Å². The molecule has 0 aliphatic rings. The van der Waals surface area contributed by atoms with Gasteiger partial charge in [-0.15, -0.1) is 0 Å². The Hall–Kier alpha value is -1.36. The fourth-order valence-corrected chi connectivity index (χ4v) is 2.40. The molecule has 21 heavy (non-hydrogen) atoms. The molecule has 0 atom stereocenters. The van der Waals surface area contributed by atoms with Gasteiger partial charge in [-0.05, 0) is 54.8 Å². The van der Waals surface area contributed by atoms with Gasteiger partial charge in [-0.3, -0.25) is 0 Å². The molecule has 4 heteroatoms. The zero-order valence-corrected chi connectivity index (χ0v) is 13.7. The molecule has 0 unspecified atom stereocenters. The summed E-state index contributed by atoms with van der Waals surface area (Å²) in [5.74, 6) is 1.67. The third-order valence-corrected chi connectivity index (χ3v) is 3.68. The lowest BCUT2D eigenvalue weighted by Crippen LogP contribution is -2.04. The molecular weight excluding hydrogens is 330 g/mol. The van der Waals surface area contributed by atoms with Crippen LogP contribution in [0.3, 0.4) is 0 Å². The predicted molar refractivity (Wildman–Crippen MR) is 89.0 cm³/mol. The monoisotopic (exact) mass is 349 g/mol. The number of methoxy groups -OCH3 is 1. The molecule has 0 spiro atoms. The Morgan fingerprint density at radius 3 is 2.48 bits per heavy atom. The van der Waals surface area contributed by atoms with E-state index in [1.807, 2.05) is 30.3 Å². The van der Waals surface area contributed by atoms with Gasteiger partial charge in [-0.2, -0.15) is 0 Å². The Balaban J connectivity index is 2.12. The normalized spacial score (nSPS) is 10.6. The Morgan fingerprint density at radius 1 is 1.05 bits per heavy atom. The highest BCUT2D eigenvalue weighted by Gasteiger charge is 2.06. The molecule has 2 rings (SSSR count). The molecule has 0 amide bonds. The lowest BCUT2D eigenvalue weighted by atomic mass is 10.1. The first kappa shape index (κ1) is 16.0. The van der Waals surface area contributed by atoms with E-state index >= 15 is 0 Å². The average Bonchev–Trinajstić information content (AvgIpc) is 2.49.